The predicted molar refractivity (Wildman–Crippen MR) is 69.3 cm³/mol. The molecule has 0 bridgehead atoms. The fourth-order valence-corrected chi connectivity index (χ4v) is 2.12. The van der Waals surface area contributed by atoms with Gasteiger partial charge in [0.2, 0.25) is 0 Å². The van der Waals surface area contributed by atoms with E-state index in [1.807, 2.05) is 0 Å². The molecule has 92 valence electrons. The number of nitrogens with zero attached hydrogens (tertiary/aromatic N) is 1. The van der Waals surface area contributed by atoms with Gasteiger partial charge in [-0.2, -0.15) is 0 Å². The lowest BCUT2D eigenvalue weighted by Gasteiger charge is -2.34. The number of rotatable bonds is 6. The van der Waals surface area contributed by atoms with Crippen LogP contribution in [0.5, 0.6) is 0 Å². The summed E-state index contributed by atoms with van der Waals surface area (Å²) in [6.07, 6.45) is 0. The second-order valence-corrected chi connectivity index (χ2v) is 6.68. The average molecular weight is 214 g/mol. The van der Waals surface area contributed by atoms with E-state index in [1.165, 1.54) is 0 Å². The van der Waals surface area contributed by atoms with Gasteiger partial charge in [-0.15, -0.1) is 0 Å². The molecule has 0 aliphatic rings. The van der Waals surface area contributed by atoms with Crippen LogP contribution >= 0.6 is 0 Å². The van der Waals surface area contributed by atoms with Crippen molar-refractivity contribution in [2.45, 2.75) is 41.5 Å². The Hall–Kier alpha value is -0.0800. The van der Waals surface area contributed by atoms with Crippen LogP contribution in [0.3, 0.4) is 0 Å². The van der Waals surface area contributed by atoms with E-state index in [9.17, 15) is 0 Å². The van der Waals surface area contributed by atoms with Gasteiger partial charge in [0, 0.05) is 19.6 Å². The first-order valence-electron chi connectivity index (χ1n) is 6.05. The van der Waals surface area contributed by atoms with Gasteiger partial charge in [0.25, 0.3) is 0 Å². The van der Waals surface area contributed by atoms with Crippen molar-refractivity contribution in [1.29, 1.82) is 0 Å². The Morgan fingerprint density at radius 3 is 1.93 bits per heavy atom. The van der Waals surface area contributed by atoms with E-state index in [4.69, 9.17) is 0 Å². The molecule has 0 aromatic rings. The number of hydrogen-bond acceptors (Lipinski definition) is 2. The molecule has 0 saturated carbocycles. The highest BCUT2D eigenvalue weighted by Crippen LogP contribution is 2.19. The minimum atomic E-state index is 0.357. The first-order valence-corrected chi connectivity index (χ1v) is 6.05. The molecular weight excluding hydrogens is 184 g/mol. The monoisotopic (exact) mass is 214 g/mol. The van der Waals surface area contributed by atoms with E-state index in [0.717, 1.165) is 26.2 Å². The van der Waals surface area contributed by atoms with Gasteiger partial charge in [0.05, 0.1) is 0 Å². The molecule has 0 heterocycles. The molecule has 15 heavy (non-hydrogen) atoms. The normalized spacial score (nSPS) is 13.6. The third-order valence-corrected chi connectivity index (χ3v) is 2.30. The first kappa shape index (κ1) is 14.9. The molecule has 0 spiro atoms. The van der Waals surface area contributed by atoms with E-state index in [2.05, 4.69) is 58.8 Å². The lowest BCUT2D eigenvalue weighted by molar-refractivity contribution is 0.159. The first-order chi connectivity index (χ1) is 6.66. The highest BCUT2D eigenvalue weighted by molar-refractivity contribution is 4.77. The molecule has 2 nitrogen and oxygen atoms in total. The Bertz CT molecular complexity index is 168. The Kier molecular flexibility index (Phi) is 5.82. The summed E-state index contributed by atoms with van der Waals surface area (Å²) in [5.74, 6) is 0. The van der Waals surface area contributed by atoms with Gasteiger partial charge in [-0.25, -0.2) is 0 Å². The van der Waals surface area contributed by atoms with Crippen molar-refractivity contribution in [1.82, 2.24) is 10.2 Å². The predicted octanol–water partition coefficient (Wildman–Crippen LogP) is 2.60. The van der Waals surface area contributed by atoms with Crippen LogP contribution in [0.1, 0.15) is 41.5 Å². The highest BCUT2D eigenvalue weighted by atomic mass is 15.1. The molecule has 0 radical (unpaired) electrons. The van der Waals surface area contributed by atoms with Gasteiger partial charge >= 0.3 is 0 Å². The Labute approximate surface area is 96.4 Å². The van der Waals surface area contributed by atoms with Crippen molar-refractivity contribution < 1.29 is 0 Å². The fourth-order valence-electron chi connectivity index (χ4n) is 2.12. The summed E-state index contributed by atoms with van der Waals surface area (Å²) in [7, 11) is 2.22. The standard InChI is InChI=1S/C13H30N2/c1-8-14-9-13(5,6)11-15(7)10-12(2,3)4/h14H,8-11H2,1-7H3. The lowest BCUT2D eigenvalue weighted by atomic mass is 9.90. The molecule has 0 unspecified atom stereocenters. The minimum Gasteiger partial charge on any atom is -0.316 e. The summed E-state index contributed by atoms with van der Waals surface area (Å²) in [5.41, 5.74) is 0.749. The Morgan fingerprint density at radius 1 is 1.00 bits per heavy atom. The Balaban J connectivity index is 3.98. The van der Waals surface area contributed by atoms with Gasteiger partial charge in [-0.05, 0) is 24.4 Å². The maximum Gasteiger partial charge on any atom is 0.00420 e. The summed E-state index contributed by atoms with van der Waals surface area (Å²) in [5, 5.41) is 3.43. The Morgan fingerprint density at radius 2 is 1.53 bits per heavy atom. The molecule has 0 amide bonds. The molecule has 0 aliphatic carbocycles. The quantitative estimate of drug-likeness (QED) is 0.731. The maximum absolute atomic E-state index is 3.43. The van der Waals surface area contributed by atoms with Crippen LogP contribution in [-0.2, 0) is 0 Å². The van der Waals surface area contributed by atoms with E-state index < -0.39 is 0 Å². The van der Waals surface area contributed by atoms with Crippen molar-refractivity contribution in [2.24, 2.45) is 10.8 Å². The number of hydrogen-bond donors (Lipinski definition) is 1. The van der Waals surface area contributed by atoms with Crippen LogP contribution in [-0.4, -0.2) is 38.1 Å². The molecule has 0 saturated heterocycles. The SMILES string of the molecule is CCNCC(C)(C)CN(C)CC(C)(C)C. The van der Waals surface area contributed by atoms with Gasteiger partial charge in [-0.1, -0.05) is 41.5 Å². The lowest BCUT2D eigenvalue weighted by Crippen LogP contribution is -2.41. The summed E-state index contributed by atoms with van der Waals surface area (Å²) >= 11 is 0. The van der Waals surface area contributed by atoms with E-state index in [0.29, 0.717) is 10.8 Å². The second-order valence-electron chi connectivity index (χ2n) is 6.68. The van der Waals surface area contributed by atoms with Crippen molar-refractivity contribution in [3.05, 3.63) is 0 Å². The molecule has 1 N–H and O–H groups in total. The molecular formula is C13H30N2. The van der Waals surface area contributed by atoms with Crippen LogP contribution in [0.2, 0.25) is 0 Å². The zero-order valence-corrected chi connectivity index (χ0v) is 11.8. The molecule has 0 atom stereocenters. The van der Waals surface area contributed by atoms with Crippen LogP contribution in [0.25, 0.3) is 0 Å². The second kappa shape index (κ2) is 5.86. The molecule has 0 aromatic heterocycles. The summed E-state index contributed by atoms with van der Waals surface area (Å²) in [6, 6.07) is 0. The van der Waals surface area contributed by atoms with Crippen molar-refractivity contribution in [3.8, 4) is 0 Å². The minimum absolute atomic E-state index is 0.357. The van der Waals surface area contributed by atoms with Crippen molar-refractivity contribution in [3.63, 3.8) is 0 Å². The van der Waals surface area contributed by atoms with E-state index >= 15 is 0 Å². The summed E-state index contributed by atoms with van der Waals surface area (Å²) in [6.45, 7) is 18.2. The number of nitrogens with one attached hydrogen (secondary N) is 1. The van der Waals surface area contributed by atoms with Gasteiger partial charge in [0.1, 0.15) is 0 Å². The molecule has 0 rings (SSSR count). The fraction of sp³-hybridized carbons (Fsp3) is 1.00. The van der Waals surface area contributed by atoms with Crippen molar-refractivity contribution >= 4 is 0 Å². The van der Waals surface area contributed by atoms with Gasteiger partial charge in [-0.3, -0.25) is 0 Å². The average Bonchev–Trinajstić information content (AvgIpc) is 1.95. The van der Waals surface area contributed by atoms with Crippen LogP contribution in [0, 0.1) is 10.8 Å². The third kappa shape index (κ3) is 8.88. The van der Waals surface area contributed by atoms with Crippen LogP contribution in [0.15, 0.2) is 0 Å². The van der Waals surface area contributed by atoms with E-state index in [-0.39, 0.29) is 0 Å². The third-order valence-electron chi connectivity index (χ3n) is 2.30. The zero-order valence-electron chi connectivity index (χ0n) is 11.8. The summed E-state index contributed by atoms with van der Waals surface area (Å²) in [4.78, 5) is 2.44. The maximum atomic E-state index is 3.43. The van der Waals surface area contributed by atoms with Crippen LogP contribution in [0.4, 0.5) is 0 Å². The van der Waals surface area contributed by atoms with Gasteiger partial charge < -0.3 is 10.2 Å². The van der Waals surface area contributed by atoms with E-state index in [1.54, 1.807) is 0 Å². The summed E-state index contributed by atoms with van der Waals surface area (Å²) < 4.78 is 0. The van der Waals surface area contributed by atoms with Gasteiger partial charge in [0.15, 0.2) is 0 Å². The molecule has 0 fully saturated rings. The molecule has 2 heteroatoms. The zero-order chi connectivity index (χ0) is 12.1. The largest absolute Gasteiger partial charge is 0.316 e. The topological polar surface area (TPSA) is 15.3 Å². The van der Waals surface area contributed by atoms with Crippen LogP contribution < -0.4 is 5.32 Å². The smallest absolute Gasteiger partial charge is 0.00420 e. The highest BCUT2D eigenvalue weighted by Gasteiger charge is 2.22. The van der Waals surface area contributed by atoms with Crippen molar-refractivity contribution in [2.75, 3.05) is 33.2 Å². The molecule has 0 aromatic carbocycles. The molecule has 0 aliphatic heterocycles.